The summed E-state index contributed by atoms with van der Waals surface area (Å²) in [5.41, 5.74) is 2.80. The molecule has 0 radical (unpaired) electrons. The van der Waals surface area contributed by atoms with Gasteiger partial charge in [-0.2, -0.15) is 0 Å². The number of carbonyl (C=O) groups excluding carboxylic acids is 4. The van der Waals surface area contributed by atoms with Crippen LogP contribution in [0.3, 0.4) is 0 Å². The molecule has 2 aromatic carbocycles. The number of anilines is 2. The summed E-state index contributed by atoms with van der Waals surface area (Å²) in [6.45, 7) is 0.372. The van der Waals surface area contributed by atoms with Crippen LogP contribution in [0.5, 0.6) is 0 Å². The molecule has 0 aromatic heterocycles. The van der Waals surface area contributed by atoms with Gasteiger partial charge in [0.1, 0.15) is 6.04 Å². The molecule has 0 bridgehead atoms. The highest BCUT2D eigenvalue weighted by Crippen LogP contribution is 2.32. The molecule has 9 heteroatoms. The molecule has 1 fully saturated rings. The molecule has 154 valence electrons. The van der Waals surface area contributed by atoms with Gasteiger partial charge in [0.15, 0.2) is 0 Å². The predicted octanol–water partition coefficient (Wildman–Crippen LogP) is 2.10. The predicted molar refractivity (Wildman–Crippen MR) is 119 cm³/mol. The molecule has 30 heavy (non-hydrogen) atoms. The van der Waals surface area contributed by atoms with Gasteiger partial charge in [-0.25, -0.2) is 0 Å². The van der Waals surface area contributed by atoms with Crippen molar-refractivity contribution in [1.82, 2.24) is 10.2 Å². The number of fused-ring (bicyclic) bond motifs is 1. The second-order valence-electron chi connectivity index (χ2n) is 7.16. The fraction of sp³-hybridized carbons (Fsp3) is 0.238. The van der Waals surface area contributed by atoms with E-state index in [-0.39, 0.29) is 30.7 Å². The van der Waals surface area contributed by atoms with Crippen LogP contribution in [0, 0.1) is 3.57 Å². The monoisotopic (exact) mass is 518 g/mol. The summed E-state index contributed by atoms with van der Waals surface area (Å²) in [5, 5.41) is 8.22. The summed E-state index contributed by atoms with van der Waals surface area (Å²) in [5.74, 6) is -1.14. The molecular formula is C21H19IN4O4. The minimum Gasteiger partial charge on any atom is -0.375 e. The summed E-state index contributed by atoms with van der Waals surface area (Å²) in [4.78, 5) is 50.1. The van der Waals surface area contributed by atoms with Crippen LogP contribution in [0.1, 0.15) is 28.8 Å². The molecule has 2 aromatic rings. The van der Waals surface area contributed by atoms with Gasteiger partial charge in [-0.15, -0.1) is 0 Å². The Labute approximate surface area is 186 Å². The Morgan fingerprint density at radius 2 is 1.93 bits per heavy atom. The molecule has 4 amide bonds. The Hall–Kier alpha value is -2.95. The maximum atomic E-state index is 12.8. The summed E-state index contributed by atoms with van der Waals surface area (Å²) in [6.07, 6.45) is 0.545. The van der Waals surface area contributed by atoms with Gasteiger partial charge in [0.2, 0.25) is 17.7 Å². The van der Waals surface area contributed by atoms with Crippen molar-refractivity contribution in [3.8, 4) is 0 Å². The van der Waals surface area contributed by atoms with E-state index in [9.17, 15) is 19.2 Å². The Kier molecular flexibility index (Phi) is 5.71. The molecule has 3 N–H and O–H groups in total. The fourth-order valence-electron chi connectivity index (χ4n) is 3.63. The first-order valence-electron chi connectivity index (χ1n) is 9.48. The first-order chi connectivity index (χ1) is 14.4. The summed E-state index contributed by atoms with van der Waals surface area (Å²) >= 11 is 2.11. The van der Waals surface area contributed by atoms with Crippen molar-refractivity contribution >= 4 is 57.6 Å². The van der Waals surface area contributed by atoms with Crippen molar-refractivity contribution in [3.05, 3.63) is 57.2 Å². The van der Waals surface area contributed by atoms with Crippen LogP contribution in [-0.2, 0) is 20.9 Å². The molecule has 2 heterocycles. The number of nitrogens with zero attached hydrogens (tertiary/aromatic N) is 1. The van der Waals surface area contributed by atoms with Crippen molar-refractivity contribution in [1.29, 1.82) is 0 Å². The number of carbonyl (C=O) groups is 4. The third-order valence-electron chi connectivity index (χ3n) is 5.11. The van der Waals surface area contributed by atoms with Crippen molar-refractivity contribution in [2.75, 3.05) is 17.2 Å². The zero-order valence-corrected chi connectivity index (χ0v) is 18.1. The largest absolute Gasteiger partial charge is 0.375 e. The average molecular weight is 518 g/mol. The molecule has 0 spiro atoms. The zero-order chi connectivity index (χ0) is 21.3. The van der Waals surface area contributed by atoms with E-state index in [2.05, 4.69) is 38.5 Å². The highest BCUT2D eigenvalue weighted by molar-refractivity contribution is 14.1. The number of imide groups is 1. The number of nitrogens with one attached hydrogen (secondary N) is 3. The summed E-state index contributed by atoms with van der Waals surface area (Å²) in [6, 6.07) is 12.2. The van der Waals surface area contributed by atoms with Crippen molar-refractivity contribution < 1.29 is 19.2 Å². The Balaban J connectivity index is 1.44. The maximum absolute atomic E-state index is 12.8. The van der Waals surface area contributed by atoms with Crippen LogP contribution >= 0.6 is 22.6 Å². The number of hydrogen-bond donors (Lipinski definition) is 3. The second-order valence-corrected chi connectivity index (χ2v) is 8.32. The highest BCUT2D eigenvalue weighted by Gasteiger charge is 2.39. The molecule has 2 aliphatic rings. The summed E-state index contributed by atoms with van der Waals surface area (Å²) < 4.78 is 0.803. The van der Waals surface area contributed by atoms with E-state index in [1.165, 1.54) is 4.90 Å². The topological polar surface area (TPSA) is 108 Å². The van der Waals surface area contributed by atoms with Gasteiger partial charge in [-0.1, -0.05) is 18.2 Å². The molecule has 2 aliphatic heterocycles. The van der Waals surface area contributed by atoms with Crippen LogP contribution in [-0.4, -0.2) is 41.1 Å². The van der Waals surface area contributed by atoms with Gasteiger partial charge in [0.25, 0.3) is 5.91 Å². The number of halogens is 1. The molecule has 0 saturated carbocycles. The molecule has 4 rings (SSSR count). The zero-order valence-electron chi connectivity index (χ0n) is 15.9. The van der Waals surface area contributed by atoms with Crippen LogP contribution in [0.15, 0.2) is 42.5 Å². The van der Waals surface area contributed by atoms with Crippen LogP contribution in [0.25, 0.3) is 0 Å². The van der Waals surface area contributed by atoms with Crippen LogP contribution in [0.4, 0.5) is 11.4 Å². The van der Waals surface area contributed by atoms with Crippen molar-refractivity contribution in [2.24, 2.45) is 0 Å². The molecule has 8 nitrogen and oxygen atoms in total. The van der Waals surface area contributed by atoms with Crippen LogP contribution in [0.2, 0.25) is 0 Å². The number of para-hydroxylation sites is 1. The number of piperidine rings is 1. The van der Waals surface area contributed by atoms with Gasteiger partial charge >= 0.3 is 0 Å². The van der Waals surface area contributed by atoms with Crippen molar-refractivity contribution in [3.63, 3.8) is 0 Å². The number of rotatable bonds is 5. The molecule has 1 atom stereocenters. The maximum Gasteiger partial charge on any atom is 0.255 e. The number of hydrogen-bond acceptors (Lipinski definition) is 5. The first kappa shape index (κ1) is 20.3. The van der Waals surface area contributed by atoms with Crippen LogP contribution < -0.4 is 16.0 Å². The lowest BCUT2D eigenvalue weighted by atomic mass is 10.0. The lowest BCUT2D eigenvalue weighted by Gasteiger charge is -2.29. The third-order valence-corrected chi connectivity index (χ3v) is 6.00. The normalized spacial score (nSPS) is 18.1. The number of benzene rings is 2. The van der Waals surface area contributed by atoms with E-state index in [1.54, 1.807) is 6.07 Å². The van der Waals surface area contributed by atoms with E-state index in [4.69, 9.17) is 0 Å². The van der Waals surface area contributed by atoms with Crippen molar-refractivity contribution in [2.45, 2.75) is 25.4 Å². The van der Waals surface area contributed by atoms with Gasteiger partial charge in [0.05, 0.1) is 6.54 Å². The average Bonchev–Trinajstić information content (AvgIpc) is 3.02. The fourth-order valence-corrected chi connectivity index (χ4v) is 4.28. The summed E-state index contributed by atoms with van der Waals surface area (Å²) in [7, 11) is 0. The highest BCUT2D eigenvalue weighted by atomic mass is 127. The Bertz CT molecular complexity index is 1040. The molecule has 0 aliphatic carbocycles. The SMILES string of the molecule is O=C1CCC(N2Cc3cc(NCC(=O)Nc4ccccc4)c(I)cc3C2=O)C(=O)N1. The van der Waals surface area contributed by atoms with Gasteiger partial charge < -0.3 is 15.5 Å². The van der Waals surface area contributed by atoms with E-state index in [1.807, 2.05) is 36.4 Å². The third kappa shape index (κ3) is 4.16. The number of amides is 4. The molecular weight excluding hydrogens is 499 g/mol. The first-order valence-corrected chi connectivity index (χ1v) is 10.6. The van der Waals surface area contributed by atoms with E-state index < -0.39 is 11.9 Å². The van der Waals surface area contributed by atoms with E-state index >= 15 is 0 Å². The molecule has 1 saturated heterocycles. The van der Waals surface area contributed by atoms with Gasteiger partial charge in [-0.05, 0) is 58.8 Å². The minimum absolute atomic E-state index is 0.0779. The lowest BCUT2D eigenvalue weighted by molar-refractivity contribution is -0.137. The van der Waals surface area contributed by atoms with Gasteiger partial charge in [-0.3, -0.25) is 24.5 Å². The lowest BCUT2D eigenvalue weighted by Crippen LogP contribution is -2.52. The smallest absolute Gasteiger partial charge is 0.255 e. The minimum atomic E-state index is -0.645. The van der Waals surface area contributed by atoms with Gasteiger partial charge in [0, 0.05) is 33.5 Å². The quantitative estimate of drug-likeness (QED) is 0.415. The van der Waals surface area contributed by atoms with E-state index in [0.29, 0.717) is 18.5 Å². The Morgan fingerprint density at radius 1 is 1.17 bits per heavy atom. The standard InChI is InChI=1S/C21H19IN4O4/c22-15-9-14-12(11-26(21(14)30)17-6-7-18(27)25-20(17)29)8-16(15)23-10-19(28)24-13-4-2-1-3-5-13/h1-5,8-9,17,23H,6-7,10-11H2,(H,24,28)(H,25,27,29). The van der Waals surface area contributed by atoms with E-state index in [0.717, 1.165) is 20.5 Å². The molecule has 1 unspecified atom stereocenters. The second kappa shape index (κ2) is 8.42. The Morgan fingerprint density at radius 3 is 2.67 bits per heavy atom.